The first-order chi connectivity index (χ1) is 15.4. The number of phosphoric ester groups is 1. The van der Waals surface area contributed by atoms with E-state index in [1.54, 1.807) is 12.1 Å². The Labute approximate surface area is 242 Å². The third-order valence-corrected chi connectivity index (χ3v) is 6.69. The Morgan fingerprint density at radius 3 is 1.44 bits per heavy atom. The average molecular weight is 529 g/mol. The molecule has 0 aliphatic rings. The van der Waals surface area contributed by atoms with Crippen molar-refractivity contribution in [3.63, 3.8) is 0 Å². The Kier molecular flexibility index (Phi) is 9.92. The zero-order chi connectivity index (χ0) is 27.4. The molecule has 0 amide bonds. The van der Waals surface area contributed by atoms with E-state index in [1.807, 2.05) is 32.9 Å². The van der Waals surface area contributed by atoms with Gasteiger partial charge in [-0.25, -0.2) is 4.57 Å². The Morgan fingerprint density at radius 2 is 1.08 bits per heavy atom. The van der Waals surface area contributed by atoms with Crippen LogP contribution in [0.3, 0.4) is 0 Å². The van der Waals surface area contributed by atoms with Crippen molar-refractivity contribution in [1.29, 1.82) is 0 Å². The first-order valence-electron chi connectivity index (χ1n) is 12.2. The third kappa shape index (κ3) is 7.85. The summed E-state index contributed by atoms with van der Waals surface area (Å²) in [4.78, 5) is 19.3. The molecule has 0 saturated carbocycles. The first-order valence-corrected chi connectivity index (χ1v) is 13.8. The molecule has 5 nitrogen and oxygen atoms in total. The number of benzene rings is 2. The second-order valence-electron chi connectivity index (χ2n) is 13.7. The number of phosphoric acid groups is 1. The van der Waals surface area contributed by atoms with Crippen molar-refractivity contribution in [1.82, 2.24) is 0 Å². The van der Waals surface area contributed by atoms with Gasteiger partial charge in [0.05, 0.1) is 0 Å². The maximum atomic E-state index is 11.9. The molecule has 0 aliphatic heterocycles. The van der Waals surface area contributed by atoms with Gasteiger partial charge in [0.15, 0.2) is 0 Å². The molecule has 198 valence electrons. The predicted octanol–water partition coefficient (Wildman–Crippen LogP) is 4.76. The summed E-state index contributed by atoms with van der Waals surface area (Å²) in [6.07, 6.45) is 0.505. The number of phenols is 1. The molecule has 0 atom stereocenters. The second kappa shape index (κ2) is 10.8. The molecule has 2 aromatic carbocycles. The Bertz CT molecular complexity index is 1140. The molecule has 0 unspecified atom stereocenters. The van der Waals surface area contributed by atoms with E-state index in [1.165, 1.54) is 0 Å². The minimum Gasteiger partial charge on any atom is -1.00 e. The van der Waals surface area contributed by atoms with Crippen LogP contribution >= 0.6 is 7.82 Å². The molecule has 0 aromatic heterocycles. The van der Waals surface area contributed by atoms with Crippen LogP contribution in [-0.2, 0) is 32.6 Å². The van der Waals surface area contributed by atoms with E-state index < -0.39 is 13.2 Å². The first kappa shape index (κ1) is 33.2. The van der Waals surface area contributed by atoms with E-state index in [4.69, 9.17) is 4.52 Å². The maximum absolute atomic E-state index is 11.9. The van der Waals surface area contributed by atoms with Gasteiger partial charge in [-0.05, 0) is 62.5 Å². The summed E-state index contributed by atoms with van der Waals surface area (Å²) in [6, 6.07) is 7.39. The summed E-state index contributed by atoms with van der Waals surface area (Å²) >= 11 is 0. The van der Waals surface area contributed by atoms with Gasteiger partial charge in [-0.15, -0.1) is 0 Å². The van der Waals surface area contributed by atoms with E-state index >= 15 is 0 Å². The fourth-order valence-electron chi connectivity index (χ4n) is 5.07. The molecule has 7 heteroatoms. The third-order valence-electron chi connectivity index (χ3n) is 6.25. The normalized spacial score (nSPS) is 13.4. The van der Waals surface area contributed by atoms with Gasteiger partial charge < -0.3 is 11.1 Å². The van der Waals surface area contributed by atoms with Gasteiger partial charge in [0.1, 0.15) is 11.5 Å². The van der Waals surface area contributed by atoms with Crippen molar-refractivity contribution in [3.05, 3.63) is 57.6 Å². The molecular formula is C29H46NaO5P. The van der Waals surface area contributed by atoms with Crippen LogP contribution in [0, 0.1) is 0 Å². The van der Waals surface area contributed by atoms with Gasteiger partial charge in [0.25, 0.3) is 0 Å². The van der Waals surface area contributed by atoms with Crippen molar-refractivity contribution < 1.29 is 55.0 Å². The molecule has 0 saturated heterocycles. The van der Waals surface area contributed by atoms with Crippen molar-refractivity contribution >= 4 is 7.82 Å². The molecule has 0 bridgehead atoms. The molecular weight excluding hydrogens is 482 g/mol. The zero-order valence-corrected chi connectivity index (χ0v) is 27.5. The average Bonchev–Trinajstić information content (AvgIpc) is 2.55. The van der Waals surface area contributed by atoms with E-state index in [2.05, 4.69) is 62.3 Å². The van der Waals surface area contributed by atoms with Crippen LogP contribution in [0.4, 0.5) is 0 Å². The van der Waals surface area contributed by atoms with E-state index in [0.29, 0.717) is 6.42 Å². The summed E-state index contributed by atoms with van der Waals surface area (Å²) in [5.41, 5.74) is 4.76. The minimum absolute atomic E-state index is 0. The van der Waals surface area contributed by atoms with Crippen LogP contribution in [0.25, 0.3) is 0 Å². The fraction of sp³-hybridized carbons (Fsp3) is 0.586. The monoisotopic (exact) mass is 528 g/mol. The standard InChI is InChI=1S/C29H45O5P.Na.H/c1-26(2,3)20-13-15-22(30)24(28(7,8)9)18(20)17-19-21(27(4,5)6)14-16-23(34-35(31,32)33)25(19)29(10,11)12;;/h13-16,30H,17H2,1-12H3,(H2,31,32,33);;/q;+1;-1. The molecule has 0 spiro atoms. The van der Waals surface area contributed by atoms with Crippen LogP contribution in [0.5, 0.6) is 11.5 Å². The van der Waals surface area contributed by atoms with E-state index in [-0.39, 0.29) is 58.7 Å². The van der Waals surface area contributed by atoms with Crippen LogP contribution in [0.1, 0.15) is 118 Å². The second-order valence-corrected chi connectivity index (χ2v) is 14.9. The largest absolute Gasteiger partial charge is 1.00 e. The minimum atomic E-state index is -4.76. The summed E-state index contributed by atoms with van der Waals surface area (Å²) < 4.78 is 17.1. The molecule has 3 N–H and O–H groups in total. The van der Waals surface area contributed by atoms with Gasteiger partial charge in [0, 0.05) is 11.1 Å². The van der Waals surface area contributed by atoms with Crippen molar-refractivity contribution in [2.45, 2.75) is 111 Å². The molecule has 2 rings (SSSR count). The quantitative estimate of drug-likeness (QED) is 0.394. The number of aromatic hydroxyl groups is 1. The van der Waals surface area contributed by atoms with Crippen molar-refractivity contribution in [2.24, 2.45) is 0 Å². The van der Waals surface area contributed by atoms with Gasteiger partial charge in [-0.1, -0.05) is 95.2 Å². The Hall–Kier alpha value is -0.810. The smallest absolute Gasteiger partial charge is 1.00 e. The molecule has 0 radical (unpaired) electrons. The SMILES string of the molecule is CC(C)(C)c1ccc(O)c(C(C)(C)C)c1Cc1c(C(C)(C)C)ccc(OP(=O)(O)O)c1C(C)(C)C.[H-].[Na+]. The van der Waals surface area contributed by atoms with Crippen LogP contribution in [-0.4, -0.2) is 14.9 Å². The molecule has 0 fully saturated rings. The van der Waals surface area contributed by atoms with Crippen LogP contribution < -0.4 is 34.1 Å². The van der Waals surface area contributed by atoms with E-state index in [9.17, 15) is 19.5 Å². The van der Waals surface area contributed by atoms with Crippen LogP contribution in [0.2, 0.25) is 0 Å². The summed E-state index contributed by atoms with van der Waals surface area (Å²) in [5.74, 6) is 0.460. The van der Waals surface area contributed by atoms with Crippen molar-refractivity contribution in [3.8, 4) is 11.5 Å². The number of hydrogen-bond acceptors (Lipinski definition) is 3. The fourth-order valence-corrected chi connectivity index (χ4v) is 5.48. The van der Waals surface area contributed by atoms with Crippen molar-refractivity contribution in [2.75, 3.05) is 0 Å². The molecule has 0 aliphatic carbocycles. The zero-order valence-electron chi connectivity index (χ0n) is 25.6. The molecule has 2 aromatic rings. The predicted molar refractivity (Wildman–Crippen MR) is 146 cm³/mol. The number of hydrogen-bond donors (Lipinski definition) is 3. The summed E-state index contributed by atoms with van der Waals surface area (Å²) in [7, 11) is -4.76. The summed E-state index contributed by atoms with van der Waals surface area (Å²) in [6.45, 7) is 25.3. The van der Waals surface area contributed by atoms with Gasteiger partial charge in [-0.2, -0.15) is 0 Å². The topological polar surface area (TPSA) is 87.0 Å². The van der Waals surface area contributed by atoms with Gasteiger partial charge >= 0.3 is 37.4 Å². The Balaban J connectivity index is 0.00000648. The summed E-state index contributed by atoms with van der Waals surface area (Å²) in [5, 5.41) is 11.0. The number of rotatable bonds is 4. The Morgan fingerprint density at radius 1 is 0.694 bits per heavy atom. The molecule has 36 heavy (non-hydrogen) atoms. The van der Waals surface area contributed by atoms with Crippen LogP contribution in [0.15, 0.2) is 24.3 Å². The number of phenolic OH excluding ortho intramolecular Hbond substituents is 1. The maximum Gasteiger partial charge on any atom is 1.00 e. The molecule has 0 heterocycles. The van der Waals surface area contributed by atoms with E-state index in [0.717, 1.165) is 33.4 Å². The van der Waals surface area contributed by atoms with Gasteiger partial charge in [0.2, 0.25) is 0 Å². The van der Waals surface area contributed by atoms with Gasteiger partial charge in [-0.3, -0.25) is 9.79 Å².